The molecule has 2 atom stereocenters. The van der Waals surface area contributed by atoms with Gasteiger partial charge in [0.25, 0.3) is 0 Å². The maximum atomic E-state index is 4.15. The van der Waals surface area contributed by atoms with Gasteiger partial charge in [-0.3, -0.25) is 0 Å². The van der Waals surface area contributed by atoms with E-state index in [2.05, 4.69) is 48.8 Å². The lowest BCUT2D eigenvalue weighted by molar-refractivity contribution is 0.203. The van der Waals surface area contributed by atoms with Crippen molar-refractivity contribution in [1.82, 2.24) is 14.9 Å². The van der Waals surface area contributed by atoms with Crippen LogP contribution in [-0.2, 0) is 6.54 Å². The van der Waals surface area contributed by atoms with Crippen LogP contribution in [0.2, 0.25) is 0 Å². The molecule has 108 valence electrons. The van der Waals surface area contributed by atoms with Crippen molar-refractivity contribution in [2.24, 2.45) is 11.3 Å². The third kappa shape index (κ3) is 4.07. The van der Waals surface area contributed by atoms with Crippen LogP contribution < -0.4 is 5.32 Å². The smallest absolute Gasteiger partial charge is 0.0946 e. The summed E-state index contributed by atoms with van der Waals surface area (Å²) in [6.45, 7) is 10.3. The van der Waals surface area contributed by atoms with Gasteiger partial charge in [-0.1, -0.05) is 33.6 Å². The Bertz CT molecular complexity index is 358. The molecular formula is C16H29N3. The first-order valence-electron chi connectivity index (χ1n) is 7.68. The van der Waals surface area contributed by atoms with Gasteiger partial charge in [-0.05, 0) is 31.1 Å². The van der Waals surface area contributed by atoms with Gasteiger partial charge in [-0.2, -0.15) is 0 Å². The van der Waals surface area contributed by atoms with Crippen molar-refractivity contribution in [3.63, 3.8) is 0 Å². The molecule has 1 N–H and O–H groups in total. The van der Waals surface area contributed by atoms with Crippen molar-refractivity contribution in [2.75, 3.05) is 0 Å². The van der Waals surface area contributed by atoms with Gasteiger partial charge in [0.1, 0.15) is 0 Å². The van der Waals surface area contributed by atoms with E-state index in [0.717, 1.165) is 12.5 Å². The predicted octanol–water partition coefficient (Wildman–Crippen LogP) is 3.47. The molecule has 0 radical (unpaired) electrons. The fourth-order valence-electron chi connectivity index (χ4n) is 3.09. The average molecular weight is 263 g/mol. The number of nitrogens with one attached hydrogen (secondary N) is 1. The van der Waals surface area contributed by atoms with E-state index in [-0.39, 0.29) is 5.41 Å². The summed E-state index contributed by atoms with van der Waals surface area (Å²) in [6.07, 6.45) is 11.5. The minimum Gasteiger partial charge on any atom is -0.336 e. The number of hydrogen-bond donors (Lipinski definition) is 1. The SMILES string of the molecule is CC(NC(Cn1ccnc1)C(C)(C)C)C1CCCC1. The van der Waals surface area contributed by atoms with E-state index >= 15 is 0 Å². The normalized spacial score (nSPS) is 20.6. The van der Waals surface area contributed by atoms with E-state index in [1.807, 2.05) is 12.5 Å². The fraction of sp³-hybridized carbons (Fsp3) is 0.812. The van der Waals surface area contributed by atoms with Crippen molar-refractivity contribution in [1.29, 1.82) is 0 Å². The largest absolute Gasteiger partial charge is 0.336 e. The lowest BCUT2D eigenvalue weighted by atomic mass is 9.85. The third-order valence-electron chi connectivity index (χ3n) is 4.57. The van der Waals surface area contributed by atoms with Gasteiger partial charge >= 0.3 is 0 Å². The van der Waals surface area contributed by atoms with Crippen molar-refractivity contribution < 1.29 is 0 Å². The second-order valence-corrected chi connectivity index (χ2v) is 7.18. The number of aromatic nitrogens is 2. The first kappa shape index (κ1) is 14.6. The van der Waals surface area contributed by atoms with Gasteiger partial charge in [0.05, 0.1) is 6.33 Å². The summed E-state index contributed by atoms with van der Waals surface area (Å²) in [6, 6.07) is 1.10. The molecule has 1 heterocycles. The lowest BCUT2D eigenvalue weighted by Gasteiger charge is -2.36. The second-order valence-electron chi connectivity index (χ2n) is 7.18. The lowest BCUT2D eigenvalue weighted by Crippen LogP contribution is -2.49. The monoisotopic (exact) mass is 263 g/mol. The van der Waals surface area contributed by atoms with Crippen LogP contribution in [0.4, 0.5) is 0 Å². The molecule has 1 aliphatic carbocycles. The van der Waals surface area contributed by atoms with E-state index in [1.165, 1.54) is 25.7 Å². The van der Waals surface area contributed by atoms with Crippen LogP contribution in [0.15, 0.2) is 18.7 Å². The Morgan fingerprint density at radius 3 is 2.53 bits per heavy atom. The number of nitrogens with zero attached hydrogens (tertiary/aromatic N) is 2. The minimum absolute atomic E-state index is 0.261. The van der Waals surface area contributed by atoms with Gasteiger partial charge < -0.3 is 9.88 Å². The molecule has 0 aromatic carbocycles. The average Bonchev–Trinajstić information content (AvgIpc) is 2.99. The molecule has 19 heavy (non-hydrogen) atoms. The molecule has 0 spiro atoms. The Kier molecular flexibility index (Phi) is 4.67. The van der Waals surface area contributed by atoms with Gasteiger partial charge in [-0.15, -0.1) is 0 Å². The summed E-state index contributed by atoms with van der Waals surface area (Å²) < 4.78 is 2.18. The quantitative estimate of drug-likeness (QED) is 0.881. The molecule has 0 aliphatic heterocycles. The molecule has 3 nitrogen and oxygen atoms in total. The molecule has 1 aromatic heterocycles. The van der Waals surface area contributed by atoms with Crippen LogP contribution in [0.1, 0.15) is 53.4 Å². The molecule has 2 unspecified atom stereocenters. The van der Waals surface area contributed by atoms with Crippen LogP contribution in [0.5, 0.6) is 0 Å². The van der Waals surface area contributed by atoms with E-state index < -0.39 is 0 Å². The first-order chi connectivity index (χ1) is 8.97. The minimum atomic E-state index is 0.261. The fourth-order valence-corrected chi connectivity index (χ4v) is 3.09. The summed E-state index contributed by atoms with van der Waals surface area (Å²) in [5.74, 6) is 0.868. The van der Waals surface area contributed by atoms with E-state index in [0.29, 0.717) is 12.1 Å². The highest BCUT2D eigenvalue weighted by Crippen LogP contribution is 2.29. The van der Waals surface area contributed by atoms with Crippen molar-refractivity contribution in [3.8, 4) is 0 Å². The van der Waals surface area contributed by atoms with Crippen LogP contribution >= 0.6 is 0 Å². The maximum absolute atomic E-state index is 4.15. The van der Waals surface area contributed by atoms with Gasteiger partial charge in [0.2, 0.25) is 0 Å². The Balaban J connectivity index is 1.97. The van der Waals surface area contributed by atoms with E-state index in [4.69, 9.17) is 0 Å². The zero-order valence-electron chi connectivity index (χ0n) is 12.9. The molecule has 0 saturated heterocycles. The van der Waals surface area contributed by atoms with E-state index in [9.17, 15) is 0 Å². The number of hydrogen-bond acceptors (Lipinski definition) is 2. The maximum Gasteiger partial charge on any atom is 0.0946 e. The van der Waals surface area contributed by atoms with Gasteiger partial charge in [0, 0.05) is 31.0 Å². The van der Waals surface area contributed by atoms with E-state index in [1.54, 1.807) is 0 Å². The van der Waals surface area contributed by atoms with Crippen LogP contribution in [0, 0.1) is 11.3 Å². The molecule has 1 saturated carbocycles. The first-order valence-corrected chi connectivity index (χ1v) is 7.68. The molecular weight excluding hydrogens is 234 g/mol. The second kappa shape index (κ2) is 6.08. The van der Waals surface area contributed by atoms with Crippen LogP contribution in [-0.4, -0.2) is 21.6 Å². The van der Waals surface area contributed by atoms with Gasteiger partial charge in [-0.25, -0.2) is 4.98 Å². The Morgan fingerprint density at radius 2 is 2.00 bits per heavy atom. The molecule has 0 bridgehead atoms. The predicted molar refractivity (Wildman–Crippen MR) is 80.0 cm³/mol. The van der Waals surface area contributed by atoms with Gasteiger partial charge in [0.15, 0.2) is 0 Å². The van der Waals surface area contributed by atoms with Crippen molar-refractivity contribution >= 4 is 0 Å². The Labute approximate surface area is 117 Å². The molecule has 3 heteroatoms. The number of imidazole rings is 1. The molecule has 2 rings (SSSR count). The zero-order valence-corrected chi connectivity index (χ0v) is 12.9. The third-order valence-corrected chi connectivity index (χ3v) is 4.57. The van der Waals surface area contributed by atoms with Crippen molar-refractivity contribution in [3.05, 3.63) is 18.7 Å². The topological polar surface area (TPSA) is 29.9 Å². The molecule has 1 aliphatic rings. The molecule has 0 amide bonds. The summed E-state index contributed by atoms with van der Waals surface area (Å²) in [7, 11) is 0. The Morgan fingerprint density at radius 1 is 1.32 bits per heavy atom. The highest BCUT2D eigenvalue weighted by Gasteiger charge is 2.29. The number of rotatable bonds is 5. The summed E-state index contributed by atoms with van der Waals surface area (Å²) in [4.78, 5) is 4.15. The van der Waals surface area contributed by atoms with Crippen molar-refractivity contribution in [2.45, 2.75) is 72.0 Å². The molecule has 1 aromatic rings. The standard InChI is InChI=1S/C16H29N3/c1-13(14-7-5-6-8-14)18-15(16(2,3)4)11-19-10-9-17-12-19/h9-10,12-15,18H,5-8,11H2,1-4H3. The molecule has 1 fully saturated rings. The highest BCUT2D eigenvalue weighted by atomic mass is 15.1. The summed E-state index contributed by atoms with van der Waals surface area (Å²) >= 11 is 0. The highest BCUT2D eigenvalue weighted by molar-refractivity contribution is 4.88. The Hall–Kier alpha value is -0.830. The summed E-state index contributed by atoms with van der Waals surface area (Å²) in [5, 5.41) is 3.89. The summed E-state index contributed by atoms with van der Waals surface area (Å²) in [5.41, 5.74) is 0.261. The van der Waals surface area contributed by atoms with Crippen LogP contribution in [0.25, 0.3) is 0 Å². The zero-order chi connectivity index (χ0) is 13.9. The van der Waals surface area contributed by atoms with Crippen LogP contribution in [0.3, 0.4) is 0 Å².